The molecular weight excluding hydrogens is 398 g/mol. The molecule has 2 aromatic heterocycles. The van der Waals surface area contributed by atoms with Crippen molar-refractivity contribution in [3.05, 3.63) is 29.6 Å². The van der Waals surface area contributed by atoms with Gasteiger partial charge >= 0.3 is 0 Å². The normalized spacial score (nSPS) is 19.0. The number of nitrogens with one attached hydrogen (secondary N) is 2. The van der Waals surface area contributed by atoms with Gasteiger partial charge in [0, 0.05) is 35.8 Å². The van der Waals surface area contributed by atoms with Crippen LogP contribution in [-0.2, 0) is 4.74 Å². The SMILES string of the molecule is Cc1cc(Nc2nc(N[C@@H]3CCOC[C@@H]3N)nnc2C(N)=O)cc2cnn(C(C)C)c12. The summed E-state index contributed by atoms with van der Waals surface area (Å²) in [4.78, 5) is 16.3. The van der Waals surface area contributed by atoms with Crippen LogP contribution in [-0.4, -0.2) is 56.2 Å². The summed E-state index contributed by atoms with van der Waals surface area (Å²) < 4.78 is 7.34. The number of carbonyl (C=O) groups excluding carboxylic acids is 1. The van der Waals surface area contributed by atoms with Crippen LogP contribution in [0.4, 0.5) is 17.5 Å². The Hall–Kier alpha value is -3.31. The molecule has 1 aliphatic rings. The van der Waals surface area contributed by atoms with Gasteiger partial charge in [-0.3, -0.25) is 9.48 Å². The molecule has 0 unspecified atom stereocenters. The third-order valence-corrected chi connectivity index (χ3v) is 5.27. The summed E-state index contributed by atoms with van der Waals surface area (Å²) in [6, 6.07) is 3.92. The lowest BCUT2D eigenvalue weighted by molar-refractivity contribution is 0.0751. The fourth-order valence-electron chi connectivity index (χ4n) is 3.75. The van der Waals surface area contributed by atoms with E-state index < -0.39 is 5.91 Å². The lowest BCUT2D eigenvalue weighted by Crippen LogP contribution is -2.48. The maximum absolute atomic E-state index is 11.9. The predicted octanol–water partition coefficient (Wildman–Crippen LogP) is 1.48. The number of carbonyl (C=O) groups is 1. The van der Waals surface area contributed by atoms with E-state index in [1.54, 1.807) is 0 Å². The first-order valence-electron chi connectivity index (χ1n) is 10.2. The summed E-state index contributed by atoms with van der Waals surface area (Å²) in [5.74, 6) is -0.233. The molecule has 0 radical (unpaired) electrons. The minimum Gasteiger partial charge on any atom is -0.380 e. The number of hydrogen-bond acceptors (Lipinski definition) is 9. The highest BCUT2D eigenvalue weighted by Crippen LogP contribution is 2.28. The Morgan fingerprint density at radius 1 is 1.32 bits per heavy atom. The molecule has 2 atom stereocenters. The van der Waals surface area contributed by atoms with Crippen molar-refractivity contribution in [3.8, 4) is 0 Å². The van der Waals surface area contributed by atoms with Gasteiger partial charge in [0.25, 0.3) is 5.91 Å². The van der Waals surface area contributed by atoms with Crippen molar-refractivity contribution in [3.63, 3.8) is 0 Å². The van der Waals surface area contributed by atoms with Crippen LogP contribution < -0.4 is 22.1 Å². The quantitative estimate of drug-likeness (QED) is 0.459. The summed E-state index contributed by atoms with van der Waals surface area (Å²) in [5.41, 5.74) is 14.4. The van der Waals surface area contributed by atoms with E-state index in [2.05, 4.69) is 44.8 Å². The molecule has 0 saturated carbocycles. The van der Waals surface area contributed by atoms with E-state index in [1.165, 1.54) is 0 Å². The summed E-state index contributed by atoms with van der Waals surface area (Å²) in [5, 5.41) is 19.8. The number of ether oxygens (including phenoxy) is 1. The number of primary amides is 1. The molecule has 3 heterocycles. The van der Waals surface area contributed by atoms with Gasteiger partial charge in [0.2, 0.25) is 5.95 Å². The average Bonchev–Trinajstić information content (AvgIpc) is 3.15. The number of hydrogen-bond donors (Lipinski definition) is 4. The van der Waals surface area contributed by atoms with Gasteiger partial charge in [-0.2, -0.15) is 10.1 Å². The number of fused-ring (bicyclic) bond motifs is 1. The molecule has 164 valence electrons. The van der Waals surface area contributed by atoms with Crippen LogP contribution in [0.5, 0.6) is 0 Å². The Morgan fingerprint density at radius 3 is 2.84 bits per heavy atom. The Kier molecular flexibility index (Phi) is 5.70. The van der Waals surface area contributed by atoms with Crippen molar-refractivity contribution in [1.29, 1.82) is 0 Å². The number of anilines is 3. The van der Waals surface area contributed by atoms with Crippen LogP contribution in [0.15, 0.2) is 18.3 Å². The van der Waals surface area contributed by atoms with Crippen LogP contribution in [0.25, 0.3) is 10.9 Å². The number of aromatic nitrogens is 5. The van der Waals surface area contributed by atoms with Gasteiger partial charge in [-0.05, 0) is 44.9 Å². The van der Waals surface area contributed by atoms with Gasteiger partial charge in [0.15, 0.2) is 11.5 Å². The molecule has 1 aromatic carbocycles. The van der Waals surface area contributed by atoms with Gasteiger partial charge in [-0.1, -0.05) is 0 Å². The third-order valence-electron chi connectivity index (χ3n) is 5.27. The molecule has 31 heavy (non-hydrogen) atoms. The van der Waals surface area contributed by atoms with E-state index in [0.29, 0.717) is 13.2 Å². The molecule has 1 amide bonds. The Bertz CT molecular complexity index is 1110. The van der Waals surface area contributed by atoms with E-state index in [1.807, 2.05) is 29.9 Å². The van der Waals surface area contributed by atoms with E-state index in [9.17, 15) is 4.79 Å². The van der Waals surface area contributed by atoms with E-state index in [0.717, 1.165) is 28.6 Å². The summed E-state index contributed by atoms with van der Waals surface area (Å²) in [7, 11) is 0. The maximum Gasteiger partial charge on any atom is 0.273 e. The Balaban J connectivity index is 1.65. The molecule has 0 bridgehead atoms. The van der Waals surface area contributed by atoms with Crippen molar-refractivity contribution in [1.82, 2.24) is 25.0 Å². The standard InChI is InChI=1S/C20H27N9O2/c1-10(2)29-17-11(3)6-13(7-12(17)8-23-29)24-19-16(18(22)30)27-28-20(26-19)25-15-4-5-31-9-14(15)21/h6-8,10,14-15H,4-5,9,21H2,1-3H3,(H2,22,30)(H2,24,25,26,28)/t14-,15+/m0/s1. The zero-order chi connectivity index (χ0) is 22.1. The molecule has 0 spiro atoms. The minimum atomic E-state index is -0.720. The molecule has 1 fully saturated rings. The summed E-state index contributed by atoms with van der Waals surface area (Å²) in [6.07, 6.45) is 2.54. The first-order chi connectivity index (χ1) is 14.8. The molecule has 1 saturated heterocycles. The predicted molar refractivity (Wildman–Crippen MR) is 117 cm³/mol. The highest BCUT2D eigenvalue weighted by atomic mass is 16.5. The topological polar surface area (TPSA) is 159 Å². The fourth-order valence-corrected chi connectivity index (χ4v) is 3.75. The van der Waals surface area contributed by atoms with Gasteiger partial charge in [0.1, 0.15) is 0 Å². The third kappa shape index (κ3) is 4.28. The number of benzene rings is 1. The van der Waals surface area contributed by atoms with Crippen LogP contribution >= 0.6 is 0 Å². The van der Waals surface area contributed by atoms with Crippen LogP contribution in [0.1, 0.15) is 42.4 Å². The second kappa shape index (κ2) is 8.44. The molecule has 4 rings (SSSR count). The van der Waals surface area contributed by atoms with Crippen molar-refractivity contribution < 1.29 is 9.53 Å². The second-order valence-electron chi connectivity index (χ2n) is 8.01. The molecule has 6 N–H and O–H groups in total. The average molecular weight is 425 g/mol. The summed E-state index contributed by atoms with van der Waals surface area (Å²) in [6.45, 7) is 7.25. The Morgan fingerprint density at radius 2 is 2.13 bits per heavy atom. The lowest BCUT2D eigenvalue weighted by Gasteiger charge is -2.29. The first kappa shape index (κ1) is 20.9. The van der Waals surface area contributed by atoms with Crippen molar-refractivity contribution in [2.24, 2.45) is 11.5 Å². The smallest absolute Gasteiger partial charge is 0.273 e. The zero-order valence-electron chi connectivity index (χ0n) is 17.8. The first-order valence-corrected chi connectivity index (χ1v) is 10.2. The number of aryl methyl sites for hydroxylation is 1. The maximum atomic E-state index is 11.9. The molecular formula is C20H27N9O2. The van der Waals surface area contributed by atoms with Gasteiger partial charge in [-0.15, -0.1) is 10.2 Å². The van der Waals surface area contributed by atoms with Gasteiger partial charge < -0.3 is 26.8 Å². The van der Waals surface area contributed by atoms with E-state index in [4.69, 9.17) is 16.2 Å². The number of rotatable bonds is 6. The largest absolute Gasteiger partial charge is 0.380 e. The zero-order valence-corrected chi connectivity index (χ0v) is 17.8. The molecule has 1 aliphatic heterocycles. The number of nitrogens with zero attached hydrogens (tertiary/aromatic N) is 5. The van der Waals surface area contributed by atoms with Crippen molar-refractivity contribution in [2.45, 2.75) is 45.3 Å². The number of nitrogens with two attached hydrogens (primary N) is 2. The molecule has 3 aromatic rings. The minimum absolute atomic E-state index is 0.0440. The van der Waals surface area contributed by atoms with Crippen LogP contribution in [0, 0.1) is 6.92 Å². The van der Waals surface area contributed by atoms with Crippen molar-refractivity contribution in [2.75, 3.05) is 23.8 Å². The molecule has 11 heteroatoms. The monoisotopic (exact) mass is 425 g/mol. The number of amides is 1. The van der Waals surface area contributed by atoms with Crippen LogP contribution in [0.3, 0.4) is 0 Å². The van der Waals surface area contributed by atoms with E-state index in [-0.39, 0.29) is 35.6 Å². The fraction of sp³-hybridized carbons (Fsp3) is 0.450. The van der Waals surface area contributed by atoms with Gasteiger partial charge in [-0.25, -0.2) is 0 Å². The highest BCUT2D eigenvalue weighted by Gasteiger charge is 2.24. The van der Waals surface area contributed by atoms with Gasteiger partial charge in [0.05, 0.1) is 18.3 Å². The highest BCUT2D eigenvalue weighted by molar-refractivity contribution is 5.96. The van der Waals surface area contributed by atoms with Crippen LogP contribution in [0.2, 0.25) is 0 Å². The van der Waals surface area contributed by atoms with Crippen molar-refractivity contribution >= 4 is 34.3 Å². The molecule has 11 nitrogen and oxygen atoms in total. The lowest BCUT2D eigenvalue weighted by atomic mass is 10.1. The Labute approximate surface area is 179 Å². The summed E-state index contributed by atoms with van der Waals surface area (Å²) >= 11 is 0. The molecule has 0 aliphatic carbocycles. The second-order valence-corrected chi connectivity index (χ2v) is 8.01. The van der Waals surface area contributed by atoms with E-state index >= 15 is 0 Å².